The van der Waals surface area contributed by atoms with E-state index in [1.54, 1.807) is 0 Å². The smallest absolute Gasteiger partial charge is 0.0947 e. The molecule has 1 heterocycles. The Morgan fingerprint density at radius 3 is 2.65 bits per heavy atom. The number of aryl methyl sites for hydroxylation is 1. The fraction of sp³-hybridized carbons (Fsp3) is 0.786. The van der Waals surface area contributed by atoms with Crippen LogP contribution in [0.5, 0.6) is 0 Å². The highest BCUT2D eigenvalue weighted by Crippen LogP contribution is 2.19. The van der Waals surface area contributed by atoms with Crippen LogP contribution >= 0.6 is 0 Å². The van der Waals surface area contributed by atoms with Crippen LogP contribution in [0.25, 0.3) is 0 Å². The van der Waals surface area contributed by atoms with E-state index in [9.17, 15) is 0 Å². The Bertz CT molecular complexity index is 304. The highest BCUT2D eigenvalue weighted by atomic mass is 15.0. The van der Waals surface area contributed by atoms with E-state index >= 15 is 0 Å². The summed E-state index contributed by atoms with van der Waals surface area (Å²) in [5.74, 6) is 0.797. The predicted molar refractivity (Wildman–Crippen MR) is 72.9 cm³/mol. The molecular weight excluding hydrogens is 210 g/mol. The van der Waals surface area contributed by atoms with Gasteiger partial charge in [0.05, 0.1) is 18.1 Å². The van der Waals surface area contributed by atoms with Crippen LogP contribution in [-0.4, -0.2) is 16.1 Å². The van der Waals surface area contributed by atoms with Crippen LogP contribution in [0.2, 0.25) is 0 Å². The molecule has 98 valence electrons. The molecule has 0 spiro atoms. The van der Waals surface area contributed by atoms with Crippen LogP contribution in [0.3, 0.4) is 0 Å². The minimum Gasteiger partial charge on any atom is -0.340 e. The molecule has 0 radical (unpaired) electrons. The van der Waals surface area contributed by atoms with Crippen LogP contribution in [0.1, 0.15) is 58.2 Å². The van der Waals surface area contributed by atoms with Crippen molar-refractivity contribution in [2.45, 2.75) is 52.5 Å². The van der Waals surface area contributed by atoms with Gasteiger partial charge in [0.15, 0.2) is 0 Å². The minimum atomic E-state index is 0.426. The van der Waals surface area contributed by atoms with Gasteiger partial charge in [-0.15, -0.1) is 0 Å². The number of imidazole rings is 1. The molecule has 0 saturated carbocycles. The molecule has 0 aliphatic heterocycles. The lowest BCUT2D eigenvalue weighted by atomic mass is 10.0. The van der Waals surface area contributed by atoms with Crippen molar-refractivity contribution < 1.29 is 0 Å². The standard InChI is InChI=1S/C14H27N3/c1-5-9-15-13(8-6-7-12(2)3)14-10-17(4)11-16-14/h10-13,15H,5-9H2,1-4H3. The summed E-state index contributed by atoms with van der Waals surface area (Å²) in [5, 5.41) is 3.60. The van der Waals surface area contributed by atoms with E-state index in [4.69, 9.17) is 0 Å². The van der Waals surface area contributed by atoms with Gasteiger partial charge < -0.3 is 9.88 Å². The Balaban J connectivity index is 2.48. The molecule has 1 N–H and O–H groups in total. The molecule has 1 rings (SSSR count). The van der Waals surface area contributed by atoms with Crippen molar-refractivity contribution in [1.82, 2.24) is 14.9 Å². The third-order valence-electron chi connectivity index (χ3n) is 3.00. The van der Waals surface area contributed by atoms with Crippen molar-refractivity contribution in [3.8, 4) is 0 Å². The average molecular weight is 237 g/mol. The van der Waals surface area contributed by atoms with Gasteiger partial charge in [-0.25, -0.2) is 4.98 Å². The first-order chi connectivity index (χ1) is 8.13. The molecule has 1 aromatic heterocycles. The largest absolute Gasteiger partial charge is 0.340 e. The number of hydrogen-bond acceptors (Lipinski definition) is 2. The Hall–Kier alpha value is -0.830. The fourth-order valence-corrected chi connectivity index (χ4v) is 2.02. The Morgan fingerprint density at radius 1 is 1.35 bits per heavy atom. The molecule has 0 fully saturated rings. The van der Waals surface area contributed by atoms with Crippen LogP contribution in [-0.2, 0) is 7.05 Å². The summed E-state index contributed by atoms with van der Waals surface area (Å²) >= 11 is 0. The van der Waals surface area contributed by atoms with Gasteiger partial charge in [0.25, 0.3) is 0 Å². The van der Waals surface area contributed by atoms with Gasteiger partial charge in [0, 0.05) is 13.2 Å². The van der Waals surface area contributed by atoms with Gasteiger partial charge in [0.1, 0.15) is 0 Å². The van der Waals surface area contributed by atoms with E-state index in [1.165, 1.54) is 31.4 Å². The zero-order valence-corrected chi connectivity index (χ0v) is 11.7. The number of aromatic nitrogens is 2. The second-order valence-corrected chi connectivity index (χ2v) is 5.30. The summed E-state index contributed by atoms with van der Waals surface area (Å²) < 4.78 is 2.03. The van der Waals surface area contributed by atoms with Crippen molar-refractivity contribution in [3.63, 3.8) is 0 Å². The predicted octanol–water partition coefficient (Wildman–Crippen LogP) is 3.29. The van der Waals surface area contributed by atoms with Gasteiger partial charge in [0.2, 0.25) is 0 Å². The number of rotatable bonds is 8. The van der Waals surface area contributed by atoms with Gasteiger partial charge in [-0.2, -0.15) is 0 Å². The minimum absolute atomic E-state index is 0.426. The van der Waals surface area contributed by atoms with E-state index < -0.39 is 0 Å². The van der Waals surface area contributed by atoms with E-state index in [-0.39, 0.29) is 0 Å². The molecular formula is C14H27N3. The van der Waals surface area contributed by atoms with E-state index in [2.05, 4.69) is 37.3 Å². The SMILES string of the molecule is CCCNC(CCCC(C)C)c1cn(C)cn1. The molecule has 17 heavy (non-hydrogen) atoms. The third kappa shape index (κ3) is 5.35. The second-order valence-electron chi connectivity index (χ2n) is 5.30. The Labute approximate surface area is 106 Å². The maximum atomic E-state index is 4.47. The van der Waals surface area contributed by atoms with Crippen molar-refractivity contribution in [3.05, 3.63) is 18.2 Å². The van der Waals surface area contributed by atoms with Gasteiger partial charge in [-0.3, -0.25) is 0 Å². The molecule has 1 atom stereocenters. The van der Waals surface area contributed by atoms with Gasteiger partial charge in [-0.1, -0.05) is 33.6 Å². The van der Waals surface area contributed by atoms with Gasteiger partial charge >= 0.3 is 0 Å². The summed E-state index contributed by atoms with van der Waals surface area (Å²) in [6.07, 6.45) is 8.95. The molecule has 0 aliphatic rings. The van der Waals surface area contributed by atoms with Crippen molar-refractivity contribution >= 4 is 0 Å². The normalized spacial score (nSPS) is 13.2. The maximum absolute atomic E-state index is 4.47. The lowest BCUT2D eigenvalue weighted by Crippen LogP contribution is -2.22. The first-order valence-corrected chi connectivity index (χ1v) is 6.84. The quantitative estimate of drug-likeness (QED) is 0.752. The lowest BCUT2D eigenvalue weighted by molar-refractivity contribution is 0.442. The van der Waals surface area contributed by atoms with Crippen LogP contribution in [0.4, 0.5) is 0 Å². The number of hydrogen-bond donors (Lipinski definition) is 1. The van der Waals surface area contributed by atoms with E-state index in [0.717, 1.165) is 12.5 Å². The first-order valence-electron chi connectivity index (χ1n) is 6.84. The molecule has 1 aromatic rings. The van der Waals surface area contributed by atoms with Crippen LogP contribution < -0.4 is 5.32 Å². The molecule has 3 nitrogen and oxygen atoms in total. The fourth-order valence-electron chi connectivity index (χ4n) is 2.02. The summed E-state index contributed by atoms with van der Waals surface area (Å²) in [7, 11) is 2.03. The summed E-state index contributed by atoms with van der Waals surface area (Å²) in [6, 6.07) is 0.426. The molecule has 0 amide bonds. The monoisotopic (exact) mass is 237 g/mol. The Morgan fingerprint density at radius 2 is 2.12 bits per heavy atom. The summed E-state index contributed by atoms with van der Waals surface area (Å²) in [4.78, 5) is 4.47. The van der Waals surface area contributed by atoms with Gasteiger partial charge in [-0.05, 0) is 25.3 Å². The Kier molecular flexibility index (Phi) is 6.27. The first kappa shape index (κ1) is 14.2. The number of nitrogens with one attached hydrogen (secondary N) is 1. The lowest BCUT2D eigenvalue weighted by Gasteiger charge is -2.17. The molecule has 1 unspecified atom stereocenters. The molecule has 0 aliphatic carbocycles. The van der Waals surface area contributed by atoms with Crippen molar-refractivity contribution in [2.75, 3.05) is 6.54 Å². The summed E-state index contributed by atoms with van der Waals surface area (Å²) in [6.45, 7) is 7.85. The third-order valence-corrected chi connectivity index (χ3v) is 3.00. The molecule has 0 aromatic carbocycles. The zero-order valence-electron chi connectivity index (χ0n) is 11.7. The molecule has 0 saturated heterocycles. The van der Waals surface area contributed by atoms with E-state index in [1.807, 2.05) is 17.9 Å². The second kappa shape index (κ2) is 7.49. The van der Waals surface area contributed by atoms with Crippen molar-refractivity contribution in [2.24, 2.45) is 13.0 Å². The zero-order chi connectivity index (χ0) is 12.7. The summed E-state index contributed by atoms with van der Waals surface area (Å²) in [5.41, 5.74) is 1.18. The average Bonchev–Trinajstić information content (AvgIpc) is 2.69. The van der Waals surface area contributed by atoms with E-state index in [0.29, 0.717) is 6.04 Å². The molecule has 3 heteroatoms. The maximum Gasteiger partial charge on any atom is 0.0947 e. The van der Waals surface area contributed by atoms with Crippen LogP contribution in [0.15, 0.2) is 12.5 Å². The highest BCUT2D eigenvalue weighted by Gasteiger charge is 2.12. The molecule has 0 bridgehead atoms. The number of nitrogens with zero attached hydrogens (tertiary/aromatic N) is 2. The topological polar surface area (TPSA) is 29.9 Å². The highest BCUT2D eigenvalue weighted by molar-refractivity contribution is 5.03. The van der Waals surface area contributed by atoms with Crippen molar-refractivity contribution in [1.29, 1.82) is 0 Å². The van der Waals surface area contributed by atoms with Crippen LogP contribution in [0, 0.1) is 5.92 Å².